The van der Waals surface area contributed by atoms with Crippen LogP contribution in [0.3, 0.4) is 0 Å². The van der Waals surface area contributed by atoms with Crippen LogP contribution < -0.4 is 5.73 Å². The van der Waals surface area contributed by atoms with Crippen LogP contribution >= 0.6 is 0 Å². The molecule has 0 unspecified atom stereocenters. The summed E-state index contributed by atoms with van der Waals surface area (Å²) in [5.41, 5.74) is 8.58. The Morgan fingerprint density at radius 3 is 2.69 bits per heavy atom. The average molecular weight is 217 g/mol. The summed E-state index contributed by atoms with van der Waals surface area (Å²) >= 11 is 0. The first kappa shape index (κ1) is 10.6. The second kappa shape index (κ2) is 3.92. The molecule has 0 aliphatic carbocycles. The Kier molecular flexibility index (Phi) is 2.60. The first-order valence-electron chi connectivity index (χ1n) is 5.24. The summed E-state index contributed by atoms with van der Waals surface area (Å²) in [5.74, 6) is 1.17. The number of nitrogens with zero attached hydrogens (tertiary/aromatic N) is 4. The van der Waals surface area contributed by atoms with E-state index in [-0.39, 0.29) is 0 Å². The van der Waals surface area contributed by atoms with Gasteiger partial charge in [-0.25, -0.2) is 15.0 Å². The van der Waals surface area contributed by atoms with Crippen molar-refractivity contribution < 1.29 is 0 Å². The van der Waals surface area contributed by atoms with E-state index >= 15 is 0 Å². The Balaban J connectivity index is 2.57. The molecule has 2 aromatic rings. The Hall–Kier alpha value is -1.91. The molecule has 2 rings (SSSR count). The topological polar surface area (TPSA) is 69.6 Å². The van der Waals surface area contributed by atoms with Crippen LogP contribution in [0.4, 0.5) is 5.82 Å². The molecular formula is C11H15N5. The van der Waals surface area contributed by atoms with Crippen LogP contribution in [0.1, 0.15) is 18.2 Å². The molecule has 84 valence electrons. The van der Waals surface area contributed by atoms with Crippen molar-refractivity contribution in [2.75, 3.05) is 5.73 Å². The number of hydrogen-bond acceptors (Lipinski definition) is 4. The van der Waals surface area contributed by atoms with Gasteiger partial charge in [0.15, 0.2) is 5.82 Å². The zero-order valence-electron chi connectivity index (χ0n) is 9.73. The van der Waals surface area contributed by atoms with Gasteiger partial charge in [0.25, 0.3) is 0 Å². The molecule has 0 radical (unpaired) electrons. The Bertz CT molecular complexity index is 492. The molecule has 2 N–H and O–H groups in total. The van der Waals surface area contributed by atoms with Crippen LogP contribution in [-0.4, -0.2) is 19.5 Å². The minimum absolute atomic E-state index is 0.534. The molecular weight excluding hydrogens is 202 g/mol. The van der Waals surface area contributed by atoms with Crippen LogP contribution in [-0.2, 0) is 6.54 Å². The smallest absolute Gasteiger partial charge is 0.180 e. The highest BCUT2D eigenvalue weighted by Crippen LogP contribution is 2.19. The van der Waals surface area contributed by atoms with Crippen molar-refractivity contribution in [3.8, 4) is 11.5 Å². The van der Waals surface area contributed by atoms with Crippen molar-refractivity contribution in [2.45, 2.75) is 27.3 Å². The number of anilines is 1. The molecule has 0 atom stereocenters. The van der Waals surface area contributed by atoms with Crippen molar-refractivity contribution >= 4 is 5.82 Å². The molecule has 0 bridgehead atoms. The van der Waals surface area contributed by atoms with Gasteiger partial charge in [0, 0.05) is 17.8 Å². The summed E-state index contributed by atoms with van der Waals surface area (Å²) in [7, 11) is 0. The molecule has 0 amide bonds. The normalized spacial score (nSPS) is 10.7. The van der Waals surface area contributed by atoms with E-state index in [1.165, 1.54) is 0 Å². The fourth-order valence-electron chi connectivity index (χ4n) is 1.52. The minimum Gasteiger partial charge on any atom is -0.383 e. The summed E-state index contributed by atoms with van der Waals surface area (Å²) < 4.78 is 1.99. The summed E-state index contributed by atoms with van der Waals surface area (Å²) in [6.07, 6.45) is 3.52. The molecule has 2 aromatic heterocycles. The highest BCUT2D eigenvalue weighted by molar-refractivity contribution is 5.54. The maximum Gasteiger partial charge on any atom is 0.180 e. The Morgan fingerprint density at radius 2 is 2.06 bits per heavy atom. The lowest BCUT2D eigenvalue weighted by atomic mass is 10.2. The second-order valence-corrected chi connectivity index (χ2v) is 3.71. The Morgan fingerprint density at radius 1 is 1.31 bits per heavy atom. The van der Waals surface area contributed by atoms with Crippen molar-refractivity contribution in [1.82, 2.24) is 19.5 Å². The monoisotopic (exact) mass is 217 g/mol. The number of nitrogens with two attached hydrogens (primary N) is 1. The Labute approximate surface area is 94.4 Å². The lowest BCUT2D eigenvalue weighted by Crippen LogP contribution is -2.04. The molecule has 5 nitrogen and oxygen atoms in total. The van der Waals surface area contributed by atoms with E-state index in [9.17, 15) is 0 Å². The van der Waals surface area contributed by atoms with Gasteiger partial charge in [-0.2, -0.15) is 0 Å². The molecule has 0 fully saturated rings. The quantitative estimate of drug-likeness (QED) is 0.828. The maximum atomic E-state index is 5.84. The number of hydrogen-bond donors (Lipinski definition) is 1. The fourth-order valence-corrected chi connectivity index (χ4v) is 1.52. The van der Waals surface area contributed by atoms with Crippen molar-refractivity contribution in [2.24, 2.45) is 0 Å². The standard InChI is InChI=1S/C11H15N5/c1-4-16-6-13-5-9(16)11-14-8(3)7(2)10(12)15-11/h5-6H,4H2,1-3H3,(H2,12,14,15). The van der Waals surface area contributed by atoms with Gasteiger partial charge in [0.2, 0.25) is 0 Å². The number of nitrogen functional groups attached to an aromatic ring is 1. The van der Waals surface area contributed by atoms with E-state index in [0.717, 1.165) is 23.5 Å². The van der Waals surface area contributed by atoms with Crippen LogP contribution in [0.5, 0.6) is 0 Å². The van der Waals surface area contributed by atoms with Crippen LogP contribution in [0, 0.1) is 13.8 Å². The van der Waals surface area contributed by atoms with Gasteiger partial charge in [0.05, 0.1) is 12.5 Å². The molecule has 2 heterocycles. The minimum atomic E-state index is 0.534. The van der Waals surface area contributed by atoms with Crippen LogP contribution in [0.2, 0.25) is 0 Å². The zero-order valence-corrected chi connectivity index (χ0v) is 9.73. The summed E-state index contributed by atoms with van der Waals surface area (Å²) in [6, 6.07) is 0. The summed E-state index contributed by atoms with van der Waals surface area (Å²) in [5, 5.41) is 0. The molecule has 0 aliphatic rings. The van der Waals surface area contributed by atoms with E-state index in [1.54, 1.807) is 12.5 Å². The third-order valence-electron chi connectivity index (χ3n) is 2.71. The highest BCUT2D eigenvalue weighted by Gasteiger charge is 2.10. The molecule has 16 heavy (non-hydrogen) atoms. The molecule has 0 aliphatic heterocycles. The number of rotatable bonds is 2. The predicted octanol–water partition coefficient (Wildman–Crippen LogP) is 1.56. The number of aryl methyl sites for hydroxylation is 2. The van der Waals surface area contributed by atoms with Crippen molar-refractivity contribution in [3.63, 3.8) is 0 Å². The van der Waals surface area contributed by atoms with Gasteiger partial charge in [-0.15, -0.1) is 0 Å². The number of imidazole rings is 1. The molecule has 0 saturated carbocycles. The summed E-state index contributed by atoms with van der Waals surface area (Å²) in [6.45, 7) is 6.75. The van der Waals surface area contributed by atoms with E-state index in [4.69, 9.17) is 5.73 Å². The van der Waals surface area contributed by atoms with Crippen LogP contribution in [0.25, 0.3) is 11.5 Å². The third-order valence-corrected chi connectivity index (χ3v) is 2.71. The fraction of sp³-hybridized carbons (Fsp3) is 0.364. The molecule has 0 saturated heterocycles. The summed E-state index contributed by atoms with van der Waals surface area (Å²) in [4.78, 5) is 12.8. The van der Waals surface area contributed by atoms with Gasteiger partial charge in [-0.05, 0) is 20.8 Å². The van der Waals surface area contributed by atoms with Crippen LogP contribution in [0.15, 0.2) is 12.5 Å². The molecule has 0 spiro atoms. The second-order valence-electron chi connectivity index (χ2n) is 3.71. The van der Waals surface area contributed by atoms with Crippen molar-refractivity contribution in [1.29, 1.82) is 0 Å². The van der Waals surface area contributed by atoms with Gasteiger partial charge in [-0.3, -0.25) is 0 Å². The first-order valence-corrected chi connectivity index (χ1v) is 5.24. The largest absolute Gasteiger partial charge is 0.383 e. The number of aromatic nitrogens is 4. The van der Waals surface area contributed by atoms with Gasteiger partial charge >= 0.3 is 0 Å². The van der Waals surface area contributed by atoms with Gasteiger partial charge in [0.1, 0.15) is 11.5 Å². The highest BCUT2D eigenvalue weighted by atomic mass is 15.1. The van der Waals surface area contributed by atoms with Gasteiger partial charge < -0.3 is 10.3 Å². The third kappa shape index (κ3) is 1.64. The van der Waals surface area contributed by atoms with E-state index in [1.807, 2.05) is 18.4 Å². The molecule has 5 heteroatoms. The predicted molar refractivity (Wildman–Crippen MR) is 62.8 cm³/mol. The lowest BCUT2D eigenvalue weighted by Gasteiger charge is -2.08. The molecule has 0 aromatic carbocycles. The SMILES string of the molecule is CCn1cncc1-c1nc(C)c(C)c(N)n1. The first-order chi connectivity index (χ1) is 7.63. The maximum absolute atomic E-state index is 5.84. The lowest BCUT2D eigenvalue weighted by molar-refractivity contribution is 0.763. The van der Waals surface area contributed by atoms with E-state index < -0.39 is 0 Å². The van der Waals surface area contributed by atoms with Crippen molar-refractivity contribution in [3.05, 3.63) is 23.8 Å². The van der Waals surface area contributed by atoms with E-state index in [0.29, 0.717) is 11.6 Å². The zero-order chi connectivity index (χ0) is 11.7. The van der Waals surface area contributed by atoms with E-state index in [2.05, 4.69) is 21.9 Å². The average Bonchev–Trinajstić information content (AvgIpc) is 2.73. The van der Waals surface area contributed by atoms with Gasteiger partial charge in [-0.1, -0.05) is 0 Å².